The number of carbonyl (C=O) groups is 1. The second kappa shape index (κ2) is 10.00. The highest BCUT2D eigenvalue weighted by atomic mass is 16.1. The number of para-hydroxylation sites is 2. The summed E-state index contributed by atoms with van der Waals surface area (Å²) in [5, 5.41) is 7.45. The lowest BCUT2D eigenvalue weighted by atomic mass is 10.1. The van der Waals surface area contributed by atoms with Gasteiger partial charge in [-0.15, -0.1) is 0 Å². The molecule has 4 aromatic rings. The summed E-state index contributed by atoms with van der Waals surface area (Å²) in [6.45, 7) is 2.77. The number of hydrogen-bond acceptors (Lipinski definition) is 6. The smallest absolute Gasteiger partial charge is 0.257 e. The molecule has 0 aliphatic heterocycles. The SMILES string of the molecule is CCCCCCCNC(=O)c1c(N)n(/N=C/c2ccccn2)c2nc3ccccc3nc12. The molecule has 32 heavy (non-hydrogen) atoms. The Morgan fingerprint density at radius 3 is 2.56 bits per heavy atom. The molecule has 164 valence electrons. The fraction of sp³-hybridized carbons (Fsp3) is 0.292. The summed E-state index contributed by atoms with van der Waals surface area (Å²) in [6.07, 6.45) is 8.86. The number of nitrogens with two attached hydrogens (primary N) is 1. The van der Waals surface area contributed by atoms with Gasteiger partial charge in [0.1, 0.15) is 16.9 Å². The molecule has 0 unspecified atom stereocenters. The second-order valence-electron chi connectivity index (χ2n) is 7.63. The standard InChI is InChI=1S/C24H27N7O/c1-2-3-4-5-9-15-27-24(32)20-21-23(30-19-13-7-6-12-18(19)29-21)31(22(20)25)28-16-17-11-8-10-14-26-17/h6-8,10-14,16H,2-5,9,15,25H2,1H3,(H,27,32)/b28-16+. The molecule has 0 aliphatic rings. The van der Waals surface area contributed by atoms with Crippen molar-refractivity contribution in [2.24, 2.45) is 5.10 Å². The van der Waals surface area contributed by atoms with Crippen LogP contribution in [0.5, 0.6) is 0 Å². The number of hydrogen-bond donors (Lipinski definition) is 2. The molecule has 0 atom stereocenters. The highest BCUT2D eigenvalue weighted by molar-refractivity contribution is 6.10. The van der Waals surface area contributed by atoms with Crippen LogP contribution in [0.4, 0.5) is 5.82 Å². The van der Waals surface area contributed by atoms with Crippen LogP contribution >= 0.6 is 0 Å². The third-order valence-corrected chi connectivity index (χ3v) is 5.26. The van der Waals surface area contributed by atoms with Gasteiger partial charge >= 0.3 is 0 Å². The van der Waals surface area contributed by atoms with Gasteiger partial charge in [0.05, 0.1) is 22.9 Å². The Balaban J connectivity index is 1.69. The van der Waals surface area contributed by atoms with Crippen molar-refractivity contribution in [2.75, 3.05) is 12.3 Å². The highest BCUT2D eigenvalue weighted by Gasteiger charge is 2.23. The molecule has 3 N–H and O–H groups in total. The Kier molecular flexibility index (Phi) is 6.69. The van der Waals surface area contributed by atoms with E-state index in [9.17, 15) is 4.79 Å². The lowest BCUT2D eigenvalue weighted by Gasteiger charge is -2.05. The van der Waals surface area contributed by atoms with Gasteiger partial charge in [0.25, 0.3) is 5.91 Å². The number of amides is 1. The van der Waals surface area contributed by atoms with E-state index in [4.69, 9.17) is 15.7 Å². The summed E-state index contributed by atoms with van der Waals surface area (Å²) in [6, 6.07) is 13.0. The first-order chi connectivity index (χ1) is 15.7. The molecule has 8 nitrogen and oxygen atoms in total. The Labute approximate surface area is 186 Å². The van der Waals surface area contributed by atoms with Gasteiger partial charge in [-0.25, -0.2) is 9.97 Å². The van der Waals surface area contributed by atoms with E-state index in [0.717, 1.165) is 12.8 Å². The van der Waals surface area contributed by atoms with Gasteiger partial charge in [-0.2, -0.15) is 9.78 Å². The zero-order valence-electron chi connectivity index (χ0n) is 18.2. The number of nitrogens with one attached hydrogen (secondary N) is 1. The van der Waals surface area contributed by atoms with E-state index >= 15 is 0 Å². The number of fused-ring (bicyclic) bond motifs is 2. The van der Waals surface area contributed by atoms with E-state index in [0.29, 0.717) is 40.0 Å². The van der Waals surface area contributed by atoms with Crippen molar-refractivity contribution in [1.82, 2.24) is 24.9 Å². The van der Waals surface area contributed by atoms with Gasteiger partial charge in [-0.1, -0.05) is 50.8 Å². The van der Waals surface area contributed by atoms with Crippen molar-refractivity contribution < 1.29 is 4.79 Å². The van der Waals surface area contributed by atoms with Crippen LogP contribution in [0.3, 0.4) is 0 Å². The number of carbonyl (C=O) groups excluding carboxylic acids is 1. The summed E-state index contributed by atoms with van der Waals surface area (Å²) in [5.41, 5.74) is 9.63. The fourth-order valence-corrected chi connectivity index (χ4v) is 3.58. The summed E-state index contributed by atoms with van der Waals surface area (Å²) in [7, 11) is 0. The number of rotatable bonds is 9. The van der Waals surface area contributed by atoms with E-state index < -0.39 is 0 Å². The van der Waals surface area contributed by atoms with E-state index in [1.165, 1.54) is 23.9 Å². The van der Waals surface area contributed by atoms with Gasteiger partial charge in [0.2, 0.25) is 0 Å². The fourth-order valence-electron chi connectivity index (χ4n) is 3.58. The highest BCUT2D eigenvalue weighted by Crippen LogP contribution is 2.27. The Morgan fingerprint density at radius 2 is 1.81 bits per heavy atom. The minimum Gasteiger partial charge on any atom is -0.383 e. The molecule has 0 bridgehead atoms. The van der Waals surface area contributed by atoms with Crippen LogP contribution < -0.4 is 11.1 Å². The number of unbranched alkanes of at least 4 members (excludes halogenated alkanes) is 4. The van der Waals surface area contributed by atoms with Crippen LogP contribution in [0.1, 0.15) is 55.1 Å². The quantitative estimate of drug-likeness (QED) is 0.307. The van der Waals surface area contributed by atoms with Crippen LogP contribution in [0.25, 0.3) is 22.2 Å². The van der Waals surface area contributed by atoms with Gasteiger partial charge in [-0.3, -0.25) is 9.78 Å². The first-order valence-electron chi connectivity index (χ1n) is 11.0. The Bertz CT molecular complexity index is 1250. The lowest BCUT2D eigenvalue weighted by molar-refractivity contribution is 0.0955. The molecule has 0 spiro atoms. The van der Waals surface area contributed by atoms with Gasteiger partial charge in [0, 0.05) is 12.7 Å². The summed E-state index contributed by atoms with van der Waals surface area (Å²) in [5.74, 6) is -0.0645. The van der Waals surface area contributed by atoms with E-state index in [-0.39, 0.29) is 11.7 Å². The predicted molar refractivity (Wildman–Crippen MR) is 128 cm³/mol. The van der Waals surface area contributed by atoms with Crippen molar-refractivity contribution in [3.63, 3.8) is 0 Å². The maximum absolute atomic E-state index is 13.1. The molecule has 0 saturated carbocycles. The number of nitrogen functional groups attached to an aromatic ring is 1. The zero-order valence-corrected chi connectivity index (χ0v) is 18.2. The molecular formula is C24H27N7O. The molecule has 3 aromatic heterocycles. The Hall–Kier alpha value is -3.81. The first-order valence-corrected chi connectivity index (χ1v) is 11.0. The molecule has 8 heteroatoms. The molecule has 1 amide bonds. The summed E-state index contributed by atoms with van der Waals surface area (Å²) >= 11 is 0. The number of benzene rings is 1. The summed E-state index contributed by atoms with van der Waals surface area (Å²) < 4.78 is 1.46. The molecule has 0 aliphatic carbocycles. The number of aromatic nitrogens is 4. The third kappa shape index (κ3) is 4.59. The van der Waals surface area contributed by atoms with Gasteiger partial charge in [0.15, 0.2) is 5.65 Å². The van der Waals surface area contributed by atoms with Crippen LogP contribution in [0, 0.1) is 0 Å². The van der Waals surface area contributed by atoms with Crippen molar-refractivity contribution >= 4 is 40.1 Å². The average molecular weight is 430 g/mol. The zero-order chi connectivity index (χ0) is 22.3. The monoisotopic (exact) mass is 429 g/mol. The lowest BCUT2D eigenvalue weighted by Crippen LogP contribution is -2.25. The summed E-state index contributed by atoms with van der Waals surface area (Å²) in [4.78, 5) is 26.7. The number of nitrogens with zero attached hydrogens (tertiary/aromatic N) is 5. The average Bonchev–Trinajstić information content (AvgIpc) is 3.09. The van der Waals surface area contributed by atoms with E-state index in [1.54, 1.807) is 12.4 Å². The molecule has 3 heterocycles. The number of pyridine rings is 1. The molecule has 0 fully saturated rings. The van der Waals surface area contributed by atoms with Crippen LogP contribution in [0.15, 0.2) is 53.8 Å². The maximum Gasteiger partial charge on any atom is 0.257 e. The van der Waals surface area contributed by atoms with Crippen molar-refractivity contribution in [3.05, 3.63) is 59.9 Å². The molecule has 1 aromatic carbocycles. The van der Waals surface area contributed by atoms with Crippen LogP contribution in [-0.4, -0.2) is 38.3 Å². The van der Waals surface area contributed by atoms with Gasteiger partial charge < -0.3 is 11.1 Å². The minimum absolute atomic E-state index is 0.200. The normalized spacial score (nSPS) is 11.5. The largest absolute Gasteiger partial charge is 0.383 e. The Morgan fingerprint density at radius 1 is 1.06 bits per heavy atom. The minimum atomic E-state index is -0.264. The van der Waals surface area contributed by atoms with Crippen LogP contribution in [-0.2, 0) is 0 Å². The van der Waals surface area contributed by atoms with Gasteiger partial charge in [-0.05, 0) is 30.7 Å². The predicted octanol–water partition coefficient (Wildman–Crippen LogP) is 4.14. The molecule has 0 radical (unpaired) electrons. The van der Waals surface area contributed by atoms with Crippen LogP contribution in [0.2, 0.25) is 0 Å². The molecular weight excluding hydrogens is 402 g/mol. The second-order valence-corrected chi connectivity index (χ2v) is 7.63. The number of anilines is 1. The molecule has 0 saturated heterocycles. The third-order valence-electron chi connectivity index (χ3n) is 5.26. The van der Waals surface area contributed by atoms with Crippen molar-refractivity contribution in [2.45, 2.75) is 39.0 Å². The maximum atomic E-state index is 13.1. The topological polar surface area (TPSA) is 111 Å². The first kappa shape index (κ1) is 21.4. The van der Waals surface area contributed by atoms with E-state index in [1.807, 2.05) is 42.5 Å². The molecule has 4 rings (SSSR count). The van der Waals surface area contributed by atoms with Crippen molar-refractivity contribution in [3.8, 4) is 0 Å². The van der Waals surface area contributed by atoms with E-state index in [2.05, 4.69) is 22.3 Å². The van der Waals surface area contributed by atoms with Crippen molar-refractivity contribution in [1.29, 1.82) is 0 Å².